The fourth-order valence-corrected chi connectivity index (χ4v) is 3.26. The van der Waals surface area contributed by atoms with E-state index in [-0.39, 0.29) is 23.6 Å². The predicted molar refractivity (Wildman–Crippen MR) is 88.5 cm³/mol. The molecular weight excluding hydrogens is 294 g/mol. The van der Waals surface area contributed by atoms with Crippen molar-refractivity contribution < 1.29 is 9.53 Å². The highest BCUT2D eigenvalue weighted by Crippen LogP contribution is 2.23. The van der Waals surface area contributed by atoms with E-state index in [4.69, 9.17) is 10.5 Å². The molecule has 0 aliphatic carbocycles. The van der Waals surface area contributed by atoms with Crippen LogP contribution in [0.1, 0.15) is 23.2 Å². The Labute approximate surface area is 134 Å². The lowest BCUT2D eigenvalue weighted by molar-refractivity contribution is 0.0140. The van der Waals surface area contributed by atoms with Crippen molar-refractivity contribution in [3.05, 3.63) is 46.2 Å². The number of H-pyrrole nitrogens is 1. The molecule has 3 rings (SSSR count). The minimum absolute atomic E-state index is 0.0701. The first-order valence-electron chi connectivity index (χ1n) is 7.80. The Morgan fingerprint density at radius 3 is 2.96 bits per heavy atom. The standard InChI is InChI=1S/C17H21N3O3/c1-23-12-6-7-20(11(8-12)10-18)17(22)14-9-16(21)19-15-5-3-2-4-13(14)15/h2-5,9,11-12H,6-8,10,18H2,1H3,(H,19,21). The number of pyridine rings is 1. The molecule has 1 amide bonds. The van der Waals surface area contributed by atoms with Crippen molar-refractivity contribution in [1.29, 1.82) is 0 Å². The monoisotopic (exact) mass is 315 g/mol. The van der Waals surface area contributed by atoms with E-state index in [2.05, 4.69) is 4.98 Å². The van der Waals surface area contributed by atoms with Gasteiger partial charge in [0.05, 0.1) is 11.7 Å². The summed E-state index contributed by atoms with van der Waals surface area (Å²) in [5.74, 6) is -0.141. The van der Waals surface area contributed by atoms with Crippen LogP contribution in [0.3, 0.4) is 0 Å². The molecule has 1 aromatic carbocycles. The molecule has 1 saturated heterocycles. The molecule has 0 radical (unpaired) electrons. The van der Waals surface area contributed by atoms with Gasteiger partial charge in [-0.05, 0) is 18.9 Å². The number of nitrogens with one attached hydrogen (secondary N) is 1. The summed E-state index contributed by atoms with van der Waals surface area (Å²) in [7, 11) is 1.68. The molecule has 2 aromatic rings. The Hall–Kier alpha value is -2.18. The van der Waals surface area contributed by atoms with Gasteiger partial charge in [0.15, 0.2) is 0 Å². The number of ether oxygens (including phenoxy) is 1. The number of piperidine rings is 1. The number of hydrogen-bond acceptors (Lipinski definition) is 4. The maximum Gasteiger partial charge on any atom is 0.255 e. The van der Waals surface area contributed by atoms with Crippen LogP contribution in [0.25, 0.3) is 10.9 Å². The molecule has 1 aliphatic rings. The third-order valence-electron chi connectivity index (χ3n) is 4.51. The number of methoxy groups -OCH3 is 1. The maximum atomic E-state index is 13.0. The molecule has 0 saturated carbocycles. The lowest BCUT2D eigenvalue weighted by Gasteiger charge is -2.38. The molecule has 2 unspecified atom stereocenters. The van der Waals surface area contributed by atoms with E-state index >= 15 is 0 Å². The van der Waals surface area contributed by atoms with Crippen LogP contribution >= 0.6 is 0 Å². The van der Waals surface area contributed by atoms with E-state index in [1.54, 1.807) is 18.1 Å². The van der Waals surface area contributed by atoms with Gasteiger partial charge >= 0.3 is 0 Å². The van der Waals surface area contributed by atoms with Crippen molar-refractivity contribution in [2.24, 2.45) is 5.73 Å². The van der Waals surface area contributed by atoms with E-state index in [0.717, 1.165) is 18.2 Å². The predicted octanol–water partition coefficient (Wildman–Crippen LogP) is 1.11. The van der Waals surface area contributed by atoms with Crippen LogP contribution in [-0.2, 0) is 4.74 Å². The SMILES string of the molecule is COC1CCN(C(=O)c2cc(=O)[nH]c3ccccc23)C(CN)C1. The van der Waals surface area contributed by atoms with Gasteiger partial charge in [-0.25, -0.2) is 0 Å². The highest BCUT2D eigenvalue weighted by molar-refractivity contribution is 6.06. The zero-order valence-electron chi connectivity index (χ0n) is 13.1. The van der Waals surface area contributed by atoms with Gasteiger partial charge in [-0.1, -0.05) is 18.2 Å². The molecule has 6 nitrogen and oxygen atoms in total. The number of carbonyl (C=O) groups excluding carboxylic acids is 1. The Morgan fingerprint density at radius 2 is 2.22 bits per heavy atom. The van der Waals surface area contributed by atoms with E-state index in [1.807, 2.05) is 18.2 Å². The minimum atomic E-state index is -0.275. The summed E-state index contributed by atoms with van der Waals surface area (Å²) in [5, 5.41) is 0.752. The number of fused-ring (bicyclic) bond motifs is 1. The number of para-hydroxylation sites is 1. The van der Waals surface area contributed by atoms with Crippen LogP contribution in [0.15, 0.2) is 35.1 Å². The summed E-state index contributed by atoms with van der Waals surface area (Å²) >= 11 is 0. The minimum Gasteiger partial charge on any atom is -0.381 e. The number of rotatable bonds is 3. The van der Waals surface area contributed by atoms with Gasteiger partial charge in [-0.2, -0.15) is 0 Å². The largest absolute Gasteiger partial charge is 0.381 e. The molecule has 1 fully saturated rings. The Kier molecular flexibility index (Phi) is 4.45. The van der Waals surface area contributed by atoms with Gasteiger partial charge in [0.2, 0.25) is 5.56 Å². The molecular formula is C17H21N3O3. The second-order valence-corrected chi connectivity index (χ2v) is 5.86. The highest BCUT2D eigenvalue weighted by Gasteiger charge is 2.32. The third kappa shape index (κ3) is 3.00. The lowest BCUT2D eigenvalue weighted by Crippen LogP contribution is -2.51. The number of nitrogens with two attached hydrogens (primary N) is 1. The summed E-state index contributed by atoms with van der Waals surface area (Å²) < 4.78 is 5.40. The Bertz CT molecular complexity index is 771. The number of benzene rings is 1. The van der Waals surface area contributed by atoms with Crippen molar-refractivity contribution >= 4 is 16.8 Å². The smallest absolute Gasteiger partial charge is 0.255 e. The van der Waals surface area contributed by atoms with E-state index in [1.165, 1.54) is 6.07 Å². The van der Waals surface area contributed by atoms with Crippen molar-refractivity contribution in [3.8, 4) is 0 Å². The zero-order chi connectivity index (χ0) is 16.4. The summed E-state index contributed by atoms with van der Waals surface area (Å²) in [6.07, 6.45) is 1.63. The first-order valence-corrected chi connectivity index (χ1v) is 7.80. The number of hydrogen-bond donors (Lipinski definition) is 2. The van der Waals surface area contributed by atoms with Crippen LogP contribution in [0.2, 0.25) is 0 Å². The van der Waals surface area contributed by atoms with Crippen molar-refractivity contribution in [2.45, 2.75) is 25.0 Å². The fraction of sp³-hybridized carbons (Fsp3) is 0.412. The number of likely N-dealkylation sites (tertiary alicyclic amines) is 1. The second kappa shape index (κ2) is 6.52. The molecule has 2 heterocycles. The molecule has 6 heteroatoms. The average Bonchev–Trinajstić information content (AvgIpc) is 2.59. The lowest BCUT2D eigenvalue weighted by atomic mass is 9.97. The summed E-state index contributed by atoms with van der Waals surface area (Å²) in [6, 6.07) is 8.64. The number of amides is 1. The Morgan fingerprint density at radius 1 is 1.43 bits per heavy atom. The molecule has 122 valence electrons. The van der Waals surface area contributed by atoms with E-state index in [9.17, 15) is 9.59 Å². The Balaban J connectivity index is 1.98. The molecule has 3 N–H and O–H groups in total. The molecule has 0 spiro atoms. The van der Waals surface area contributed by atoms with Crippen LogP contribution < -0.4 is 11.3 Å². The molecule has 1 aliphatic heterocycles. The van der Waals surface area contributed by atoms with Gasteiger partial charge in [-0.15, -0.1) is 0 Å². The quantitative estimate of drug-likeness (QED) is 0.888. The van der Waals surface area contributed by atoms with Gasteiger partial charge < -0.3 is 20.4 Å². The van der Waals surface area contributed by atoms with Crippen molar-refractivity contribution in [2.75, 3.05) is 20.2 Å². The highest BCUT2D eigenvalue weighted by atomic mass is 16.5. The van der Waals surface area contributed by atoms with Crippen LogP contribution in [0.5, 0.6) is 0 Å². The summed E-state index contributed by atoms with van der Waals surface area (Å²) in [5.41, 5.74) is 6.67. The second-order valence-electron chi connectivity index (χ2n) is 5.86. The van der Waals surface area contributed by atoms with E-state index < -0.39 is 0 Å². The van der Waals surface area contributed by atoms with Crippen LogP contribution in [-0.4, -0.2) is 48.1 Å². The fourth-order valence-electron chi connectivity index (χ4n) is 3.26. The van der Waals surface area contributed by atoms with Gasteiger partial charge in [0.25, 0.3) is 5.91 Å². The van der Waals surface area contributed by atoms with Gasteiger partial charge in [0, 0.05) is 43.2 Å². The summed E-state index contributed by atoms with van der Waals surface area (Å²) in [6.45, 7) is 0.965. The number of aromatic amines is 1. The molecule has 1 aromatic heterocycles. The van der Waals surface area contributed by atoms with Crippen molar-refractivity contribution in [1.82, 2.24) is 9.88 Å². The molecule has 2 atom stereocenters. The van der Waals surface area contributed by atoms with Crippen molar-refractivity contribution in [3.63, 3.8) is 0 Å². The first-order chi connectivity index (χ1) is 11.1. The normalized spacial score (nSPS) is 21.6. The molecule has 0 bridgehead atoms. The molecule has 23 heavy (non-hydrogen) atoms. The topological polar surface area (TPSA) is 88.4 Å². The number of carbonyl (C=O) groups is 1. The maximum absolute atomic E-state index is 13.0. The number of nitrogens with zero attached hydrogens (tertiary/aromatic N) is 1. The van der Waals surface area contributed by atoms with Crippen LogP contribution in [0, 0.1) is 0 Å². The summed E-state index contributed by atoms with van der Waals surface area (Å²) in [4.78, 5) is 29.4. The third-order valence-corrected chi connectivity index (χ3v) is 4.51. The van der Waals surface area contributed by atoms with Crippen LogP contribution in [0.4, 0.5) is 0 Å². The first kappa shape index (κ1) is 15.7. The van der Waals surface area contributed by atoms with Gasteiger partial charge in [0.1, 0.15) is 0 Å². The average molecular weight is 315 g/mol. The van der Waals surface area contributed by atoms with Gasteiger partial charge in [-0.3, -0.25) is 9.59 Å². The zero-order valence-corrected chi connectivity index (χ0v) is 13.1. The number of aromatic nitrogens is 1. The van der Waals surface area contributed by atoms with E-state index in [0.29, 0.717) is 24.2 Å².